The van der Waals surface area contributed by atoms with E-state index in [1.54, 1.807) is 0 Å². The number of rotatable bonds is 18. The fourth-order valence-electron chi connectivity index (χ4n) is 4.13. The molecule has 0 unspecified atom stereocenters. The van der Waals surface area contributed by atoms with Gasteiger partial charge in [-0.15, -0.1) is 0 Å². The summed E-state index contributed by atoms with van der Waals surface area (Å²) in [7, 11) is 2.94. The monoisotopic (exact) mass is 476 g/mol. The van der Waals surface area contributed by atoms with Crippen LogP contribution >= 0.6 is 0 Å². The molecule has 0 atom stereocenters. The minimum atomic E-state index is -0.652. The third kappa shape index (κ3) is 15.3. The summed E-state index contributed by atoms with van der Waals surface area (Å²) >= 11 is 0. The lowest BCUT2D eigenvalue weighted by Gasteiger charge is -2.43. The maximum absolute atomic E-state index is 12.4. The number of carbonyl (C=O) groups is 2. The van der Waals surface area contributed by atoms with Gasteiger partial charge in [-0.05, 0) is 35.5 Å². The molecular formula is C25H48O8. The lowest BCUT2D eigenvalue weighted by atomic mass is 9.66. The summed E-state index contributed by atoms with van der Waals surface area (Å²) in [6.07, 6.45) is 1.80. The first-order valence-electron chi connectivity index (χ1n) is 11.8. The molecule has 0 aromatic rings. The Balaban J connectivity index is 5.94. The Morgan fingerprint density at radius 1 is 0.636 bits per heavy atom. The number of carbonyl (C=O) groups excluding carboxylic acids is 2. The van der Waals surface area contributed by atoms with E-state index in [2.05, 4.69) is 0 Å². The molecule has 0 aromatic carbocycles. The molecule has 0 N–H and O–H groups in total. The van der Waals surface area contributed by atoms with Crippen LogP contribution in [0, 0.1) is 28.1 Å². The highest BCUT2D eigenvalue weighted by molar-refractivity contribution is 5.70. The van der Waals surface area contributed by atoms with Gasteiger partial charge in [-0.3, -0.25) is 9.59 Å². The van der Waals surface area contributed by atoms with E-state index in [-0.39, 0.29) is 47.8 Å². The molecule has 0 fully saturated rings. The Morgan fingerprint density at radius 3 is 1.24 bits per heavy atom. The zero-order chi connectivity index (χ0) is 25.7. The smallest absolute Gasteiger partial charge is 0.306 e. The second kappa shape index (κ2) is 14.9. The zero-order valence-corrected chi connectivity index (χ0v) is 22.6. The molecule has 0 saturated carbocycles. The maximum atomic E-state index is 12.4. The van der Waals surface area contributed by atoms with E-state index in [9.17, 15) is 9.59 Å². The molecule has 8 nitrogen and oxygen atoms in total. The van der Waals surface area contributed by atoms with Gasteiger partial charge in [0.25, 0.3) is 0 Å². The number of hydrogen-bond acceptors (Lipinski definition) is 8. The Morgan fingerprint density at radius 2 is 0.970 bits per heavy atom. The standard InChI is InChI=1S/C25H48O8/c1-19(2)11-21(26)30-17-25(13-23(5,6)15-32-28-9,14-24(7,8)16-33-29-10)18-31-22(27)12-20(3)4/h19-20H,11-18H2,1-10H3. The van der Waals surface area contributed by atoms with Crippen LogP contribution in [0.4, 0.5) is 0 Å². The molecule has 0 aliphatic carbocycles. The van der Waals surface area contributed by atoms with E-state index in [0.29, 0.717) is 38.9 Å². The lowest BCUT2D eigenvalue weighted by molar-refractivity contribution is -0.293. The molecule has 0 radical (unpaired) electrons. The van der Waals surface area contributed by atoms with Crippen LogP contribution in [0.3, 0.4) is 0 Å². The quantitative estimate of drug-likeness (QED) is 0.153. The Kier molecular flexibility index (Phi) is 14.4. The Bertz CT molecular complexity index is 519. The van der Waals surface area contributed by atoms with Gasteiger partial charge in [-0.2, -0.15) is 0 Å². The van der Waals surface area contributed by atoms with Crippen LogP contribution in [-0.4, -0.2) is 52.6 Å². The van der Waals surface area contributed by atoms with Crippen molar-refractivity contribution in [3.63, 3.8) is 0 Å². The fourth-order valence-corrected chi connectivity index (χ4v) is 4.13. The SMILES string of the molecule is COOCC(C)(C)CC(COC(=O)CC(C)C)(COC(=O)CC(C)C)CC(C)(C)COOC. The third-order valence-electron chi connectivity index (χ3n) is 5.07. The minimum Gasteiger partial charge on any atom is -0.465 e. The van der Waals surface area contributed by atoms with Crippen LogP contribution in [0.5, 0.6) is 0 Å². The largest absolute Gasteiger partial charge is 0.465 e. The topological polar surface area (TPSA) is 89.5 Å². The molecule has 0 spiro atoms. The van der Waals surface area contributed by atoms with Gasteiger partial charge < -0.3 is 9.47 Å². The highest BCUT2D eigenvalue weighted by atomic mass is 17.2. The molecule has 0 aliphatic heterocycles. The second-order valence-corrected chi connectivity index (χ2v) is 11.6. The van der Waals surface area contributed by atoms with Crippen LogP contribution in [0.2, 0.25) is 0 Å². The number of ether oxygens (including phenoxy) is 2. The lowest BCUT2D eigenvalue weighted by Crippen LogP contribution is -2.44. The molecule has 0 rings (SSSR count). The highest BCUT2D eigenvalue weighted by Crippen LogP contribution is 2.44. The van der Waals surface area contributed by atoms with Crippen LogP contribution in [0.25, 0.3) is 0 Å². The van der Waals surface area contributed by atoms with E-state index in [1.807, 2.05) is 55.4 Å². The number of hydrogen-bond donors (Lipinski definition) is 0. The summed E-state index contributed by atoms with van der Waals surface area (Å²) in [5.74, 6) is -0.151. The summed E-state index contributed by atoms with van der Waals surface area (Å²) in [5.41, 5.74) is -1.34. The van der Waals surface area contributed by atoms with E-state index < -0.39 is 5.41 Å². The molecule has 0 aromatic heterocycles. The van der Waals surface area contributed by atoms with Gasteiger partial charge in [0.05, 0.1) is 27.4 Å². The fraction of sp³-hybridized carbons (Fsp3) is 0.920. The molecule has 0 saturated heterocycles. The van der Waals surface area contributed by atoms with Gasteiger partial charge in [-0.25, -0.2) is 19.6 Å². The first kappa shape index (κ1) is 31.8. The molecule has 33 heavy (non-hydrogen) atoms. The first-order chi connectivity index (χ1) is 15.2. The van der Waals surface area contributed by atoms with Crippen molar-refractivity contribution in [1.29, 1.82) is 0 Å². The Hall–Kier alpha value is -1.22. The van der Waals surface area contributed by atoms with Crippen molar-refractivity contribution >= 4 is 11.9 Å². The van der Waals surface area contributed by atoms with Crippen molar-refractivity contribution in [1.82, 2.24) is 0 Å². The van der Waals surface area contributed by atoms with E-state index in [0.717, 1.165) is 0 Å². The van der Waals surface area contributed by atoms with E-state index in [1.165, 1.54) is 14.2 Å². The summed E-state index contributed by atoms with van der Waals surface area (Å²) < 4.78 is 11.5. The molecule has 196 valence electrons. The average Bonchev–Trinajstić information content (AvgIpc) is 2.66. The van der Waals surface area contributed by atoms with E-state index >= 15 is 0 Å². The highest BCUT2D eigenvalue weighted by Gasteiger charge is 2.43. The van der Waals surface area contributed by atoms with Crippen molar-refractivity contribution in [3.8, 4) is 0 Å². The second-order valence-electron chi connectivity index (χ2n) is 11.6. The van der Waals surface area contributed by atoms with Crippen LogP contribution in [-0.2, 0) is 38.6 Å². The molecule has 0 bridgehead atoms. The minimum absolute atomic E-state index is 0.125. The van der Waals surface area contributed by atoms with Gasteiger partial charge in [0, 0.05) is 18.3 Å². The van der Waals surface area contributed by atoms with Crippen molar-refractivity contribution in [2.75, 3.05) is 40.6 Å². The predicted molar refractivity (Wildman–Crippen MR) is 126 cm³/mol. The average molecular weight is 477 g/mol. The molecule has 0 aliphatic rings. The van der Waals surface area contributed by atoms with Crippen LogP contribution < -0.4 is 0 Å². The van der Waals surface area contributed by atoms with Crippen LogP contribution in [0.15, 0.2) is 0 Å². The van der Waals surface area contributed by atoms with Gasteiger partial charge in [0.1, 0.15) is 13.2 Å². The summed E-state index contributed by atoms with van der Waals surface area (Å²) in [6.45, 7) is 17.0. The summed E-state index contributed by atoms with van der Waals surface area (Å²) in [6, 6.07) is 0. The molecule has 0 amide bonds. The van der Waals surface area contributed by atoms with Gasteiger partial charge in [-0.1, -0.05) is 55.4 Å². The van der Waals surface area contributed by atoms with Crippen LogP contribution in [0.1, 0.15) is 81.1 Å². The number of esters is 2. The van der Waals surface area contributed by atoms with Crippen molar-refractivity contribution in [2.24, 2.45) is 28.1 Å². The predicted octanol–water partition coefficient (Wildman–Crippen LogP) is 5.14. The molecule has 0 heterocycles. The maximum Gasteiger partial charge on any atom is 0.306 e. The third-order valence-corrected chi connectivity index (χ3v) is 5.07. The summed E-state index contributed by atoms with van der Waals surface area (Å²) in [5, 5.41) is 0. The zero-order valence-electron chi connectivity index (χ0n) is 22.6. The van der Waals surface area contributed by atoms with Crippen molar-refractivity contribution in [2.45, 2.75) is 81.1 Å². The first-order valence-corrected chi connectivity index (χ1v) is 11.8. The molecular weight excluding hydrogens is 428 g/mol. The van der Waals surface area contributed by atoms with Gasteiger partial charge in [0.15, 0.2) is 0 Å². The normalized spacial score (nSPS) is 13.0. The van der Waals surface area contributed by atoms with Crippen molar-refractivity contribution in [3.05, 3.63) is 0 Å². The van der Waals surface area contributed by atoms with Gasteiger partial charge >= 0.3 is 11.9 Å². The molecule has 8 heteroatoms. The van der Waals surface area contributed by atoms with Gasteiger partial charge in [0.2, 0.25) is 0 Å². The van der Waals surface area contributed by atoms with E-state index in [4.69, 9.17) is 29.0 Å². The Labute approximate surface area is 200 Å². The van der Waals surface area contributed by atoms with Crippen molar-refractivity contribution < 1.29 is 38.6 Å². The summed E-state index contributed by atoms with van der Waals surface area (Å²) in [4.78, 5) is 45.0.